The van der Waals surface area contributed by atoms with Crippen LogP contribution in [0.2, 0.25) is 0 Å². The van der Waals surface area contributed by atoms with E-state index in [9.17, 15) is 0 Å². The number of aromatic nitrogens is 2. The zero-order valence-corrected chi connectivity index (χ0v) is 24.3. The molecule has 0 unspecified atom stereocenters. The Hall–Kier alpha value is -5.34. The van der Waals surface area contributed by atoms with Crippen LogP contribution in [0.3, 0.4) is 0 Å². The summed E-state index contributed by atoms with van der Waals surface area (Å²) in [4.78, 5) is 10.7. The summed E-state index contributed by atoms with van der Waals surface area (Å²) in [6.07, 6.45) is 0. The van der Waals surface area contributed by atoms with Gasteiger partial charge in [-0.1, -0.05) is 135 Å². The zero-order chi connectivity index (χ0) is 29.0. The Bertz CT molecular complexity index is 2140. The first-order valence-electron chi connectivity index (χ1n) is 14.8. The third kappa shape index (κ3) is 4.26. The van der Waals surface area contributed by atoms with Crippen molar-refractivity contribution >= 4 is 10.8 Å². The van der Waals surface area contributed by atoms with Gasteiger partial charge in [0.15, 0.2) is 5.82 Å². The molecule has 0 atom stereocenters. The molecule has 0 saturated heterocycles. The molecule has 204 valence electrons. The quantitative estimate of drug-likeness (QED) is 0.218. The van der Waals surface area contributed by atoms with Gasteiger partial charge in [0.05, 0.1) is 11.4 Å². The maximum Gasteiger partial charge on any atom is 0.160 e. The first-order chi connectivity index (χ1) is 21.1. The Morgan fingerprint density at radius 3 is 1.58 bits per heavy atom. The lowest BCUT2D eigenvalue weighted by Gasteiger charge is -2.24. The second kappa shape index (κ2) is 9.89. The molecule has 2 heteroatoms. The summed E-state index contributed by atoms with van der Waals surface area (Å²) in [5.41, 5.74) is 12.3. The molecule has 43 heavy (non-hydrogen) atoms. The molecule has 6 aromatic carbocycles. The summed E-state index contributed by atoms with van der Waals surface area (Å²) >= 11 is 0. The van der Waals surface area contributed by atoms with E-state index in [0.717, 1.165) is 33.9 Å². The minimum absolute atomic E-state index is 0.238. The smallest absolute Gasteiger partial charge is 0.160 e. The van der Waals surface area contributed by atoms with Crippen LogP contribution in [0.25, 0.3) is 66.9 Å². The van der Waals surface area contributed by atoms with Crippen molar-refractivity contribution in [3.8, 4) is 56.2 Å². The summed E-state index contributed by atoms with van der Waals surface area (Å²) in [6, 6.07) is 51.7. The lowest BCUT2D eigenvalue weighted by molar-refractivity contribution is 0.658. The van der Waals surface area contributed by atoms with Gasteiger partial charge < -0.3 is 0 Å². The summed E-state index contributed by atoms with van der Waals surface area (Å²) < 4.78 is 0. The third-order valence-corrected chi connectivity index (χ3v) is 8.82. The van der Waals surface area contributed by atoms with Gasteiger partial charge >= 0.3 is 0 Å². The van der Waals surface area contributed by atoms with Crippen molar-refractivity contribution in [2.24, 2.45) is 0 Å². The largest absolute Gasteiger partial charge is 0.228 e. The summed E-state index contributed by atoms with van der Waals surface area (Å²) in [5, 5.41) is 2.48. The fraction of sp³-hybridized carbons (Fsp3) is 0.0732. The molecule has 1 aliphatic carbocycles. The van der Waals surface area contributed by atoms with Crippen molar-refractivity contribution < 1.29 is 0 Å². The monoisotopic (exact) mass is 550 g/mol. The molecule has 2 nitrogen and oxygen atoms in total. The van der Waals surface area contributed by atoms with Crippen LogP contribution >= 0.6 is 0 Å². The van der Waals surface area contributed by atoms with Crippen LogP contribution in [0.5, 0.6) is 0 Å². The van der Waals surface area contributed by atoms with E-state index in [0.29, 0.717) is 0 Å². The molecule has 0 fully saturated rings. The second-order valence-electron chi connectivity index (χ2n) is 11.9. The molecular weight excluding hydrogens is 520 g/mol. The topological polar surface area (TPSA) is 25.8 Å². The van der Waals surface area contributed by atoms with Crippen LogP contribution in [0.1, 0.15) is 25.0 Å². The van der Waals surface area contributed by atoms with Gasteiger partial charge in [-0.3, -0.25) is 0 Å². The number of hydrogen-bond acceptors (Lipinski definition) is 2. The van der Waals surface area contributed by atoms with Crippen LogP contribution in [-0.2, 0) is 5.41 Å². The summed E-state index contributed by atoms with van der Waals surface area (Å²) in [5.74, 6) is 0.746. The Balaban J connectivity index is 1.32. The number of fused-ring (bicyclic) bond motifs is 4. The number of rotatable bonds is 4. The minimum Gasteiger partial charge on any atom is -0.228 e. The summed E-state index contributed by atoms with van der Waals surface area (Å²) in [6.45, 7) is 4.62. The maximum atomic E-state index is 5.34. The zero-order valence-electron chi connectivity index (χ0n) is 24.3. The fourth-order valence-electron chi connectivity index (χ4n) is 6.62. The van der Waals surface area contributed by atoms with E-state index < -0.39 is 0 Å². The SMILES string of the molecule is CC1(C)c2cc3ccccc3cc2-c2nc(-c3cccc(-c4cccc(-c5ccccc5)c4)c3)nc(-c3ccccc3)c21. The van der Waals surface area contributed by atoms with Gasteiger partial charge in [-0.05, 0) is 62.9 Å². The molecule has 0 N–H and O–H groups in total. The van der Waals surface area contributed by atoms with Crippen molar-refractivity contribution in [1.29, 1.82) is 0 Å². The van der Waals surface area contributed by atoms with Crippen LogP contribution in [0.4, 0.5) is 0 Å². The normalized spacial score (nSPS) is 13.1. The molecule has 0 bridgehead atoms. The van der Waals surface area contributed by atoms with Gasteiger partial charge in [-0.15, -0.1) is 0 Å². The molecule has 0 amide bonds. The Labute approximate surface area is 252 Å². The van der Waals surface area contributed by atoms with Crippen LogP contribution < -0.4 is 0 Å². The predicted molar refractivity (Wildman–Crippen MR) is 179 cm³/mol. The Morgan fingerprint density at radius 1 is 0.419 bits per heavy atom. The van der Waals surface area contributed by atoms with Gasteiger partial charge in [0, 0.05) is 27.7 Å². The van der Waals surface area contributed by atoms with E-state index in [1.165, 1.54) is 44.2 Å². The highest BCUT2D eigenvalue weighted by Crippen LogP contribution is 2.52. The highest BCUT2D eigenvalue weighted by atomic mass is 14.9. The second-order valence-corrected chi connectivity index (χ2v) is 11.9. The van der Waals surface area contributed by atoms with E-state index in [2.05, 4.69) is 159 Å². The highest BCUT2D eigenvalue weighted by molar-refractivity contribution is 5.95. The summed E-state index contributed by atoms with van der Waals surface area (Å²) in [7, 11) is 0. The van der Waals surface area contributed by atoms with E-state index in [4.69, 9.17) is 9.97 Å². The lowest BCUT2D eigenvalue weighted by Crippen LogP contribution is -2.17. The molecular formula is C41H30N2. The molecule has 8 rings (SSSR count). The molecule has 0 radical (unpaired) electrons. The average Bonchev–Trinajstić information content (AvgIpc) is 3.29. The molecule has 1 heterocycles. The van der Waals surface area contributed by atoms with Gasteiger partial charge in [0.2, 0.25) is 0 Å². The number of benzene rings is 6. The molecule has 1 aliphatic rings. The van der Waals surface area contributed by atoms with Crippen LogP contribution in [0, 0.1) is 0 Å². The molecule has 0 aliphatic heterocycles. The van der Waals surface area contributed by atoms with Crippen molar-refractivity contribution in [2.75, 3.05) is 0 Å². The molecule has 7 aromatic rings. The standard InChI is InChI=1S/C41H30N2/c1-41(2)36-26-33-18-10-9-17-32(33)25-35(36)39-37(41)38(28-15-7-4-8-16-28)42-40(43-39)34-22-12-21-31(24-34)30-20-11-19-29(23-30)27-13-5-3-6-14-27/h3-26H,1-2H3. The van der Waals surface area contributed by atoms with Crippen LogP contribution in [0.15, 0.2) is 146 Å². The average molecular weight is 551 g/mol. The first-order valence-corrected chi connectivity index (χ1v) is 14.8. The van der Waals surface area contributed by atoms with Crippen molar-refractivity contribution in [1.82, 2.24) is 9.97 Å². The Morgan fingerprint density at radius 2 is 0.907 bits per heavy atom. The fourth-order valence-corrected chi connectivity index (χ4v) is 6.62. The van der Waals surface area contributed by atoms with Crippen molar-refractivity contribution in [2.45, 2.75) is 19.3 Å². The van der Waals surface area contributed by atoms with Crippen molar-refractivity contribution in [3.63, 3.8) is 0 Å². The van der Waals surface area contributed by atoms with Gasteiger partial charge in [0.25, 0.3) is 0 Å². The van der Waals surface area contributed by atoms with E-state index in [1.807, 2.05) is 0 Å². The van der Waals surface area contributed by atoms with Crippen LogP contribution in [-0.4, -0.2) is 9.97 Å². The molecule has 1 aromatic heterocycles. The third-order valence-electron chi connectivity index (χ3n) is 8.82. The van der Waals surface area contributed by atoms with Gasteiger partial charge in [0.1, 0.15) is 0 Å². The maximum absolute atomic E-state index is 5.34. The molecule has 0 saturated carbocycles. The predicted octanol–water partition coefficient (Wildman–Crippen LogP) is 10.6. The molecule has 0 spiro atoms. The van der Waals surface area contributed by atoms with Gasteiger partial charge in [-0.25, -0.2) is 9.97 Å². The highest BCUT2D eigenvalue weighted by Gasteiger charge is 2.40. The van der Waals surface area contributed by atoms with Crippen molar-refractivity contribution in [3.05, 3.63) is 157 Å². The first kappa shape index (κ1) is 25.4. The van der Waals surface area contributed by atoms with E-state index >= 15 is 0 Å². The van der Waals surface area contributed by atoms with E-state index in [-0.39, 0.29) is 5.41 Å². The number of hydrogen-bond donors (Lipinski definition) is 0. The Kier molecular flexibility index (Phi) is 5.84. The number of nitrogens with zero attached hydrogens (tertiary/aromatic N) is 2. The lowest BCUT2D eigenvalue weighted by atomic mass is 9.80. The minimum atomic E-state index is -0.238. The van der Waals surface area contributed by atoms with Gasteiger partial charge in [-0.2, -0.15) is 0 Å². The van der Waals surface area contributed by atoms with E-state index in [1.54, 1.807) is 0 Å².